The highest BCUT2D eigenvalue weighted by atomic mass is 16.5. The topological polar surface area (TPSA) is 61.5 Å². The number of amides is 1. The van der Waals surface area contributed by atoms with Gasteiger partial charge in [0.2, 0.25) is 5.91 Å². The zero-order valence-electron chi connectivity index (χ0n) is 16.2. The number of hydrogen-bond donors (Lipinski definition) is 1. The molecule has 1 amide bonds. The second kappa shape index (κ2) is 7.72. The van der Waals surface area contributed by atoms with Crippen molar-refractivity contribution in [3.8, 4) is 17.0 Å². The molecule has 2 aromatic rings. The number of fused-ring (bicyclic) bond motifs is 1. The maximum Gasteiger partial charge on any atom is 0.227 e. The molecule has 0 bridgehead atoms. The fourth-order valence-electron chi connectivity index (χ4n) is 4.35. The maximum atomic E-state index is 13.2. The Bertz CT molecular complexity index is 816. The number of carbonyl (C=O) groups is 1. The van der Waals surface area contributed by atoms with E-state index in [2.05, 4.69) is 22.0 Å². The summed E-state index contributed by atoms with van der Waals surface area (Å²) < 4.78 is 5.51. The molecule has 1 saturated heterocycles. The van der Waals surface area contributed by atoms with Crippen molar-refractivity contribution >= 4 is 5.91 Å². The number of ether oxygens (including phenoxy) is 1. The van der Waals surface area contributed by atoms with Gasteiger partial charge in [0.05, 0.1) is 13.0 Å². The molecule has 27 heavy (non-hydrogen) atoms. The van der Waals surface area contributed by atoms with E-state index in [1.165, 1.54) is 0 Å². The molecule has 0 radical (unpaired) electrons. The number of hydrogen-bond acceptors (Lipinski definition) is 4. The summed E-state index contributed by atoms with van der Waals surface area (Å²) in [5.41, 5.74) is 4.14. The van der Waals surface area contributed by atoms with E-state index in [0.29, 0.717) is 12.5 Å². The lowest BCUT2D eigenvalue weighted by molar-refractivity contribution is -0.138. The monoisotopic (exact) mass is 368 g/mol. The van der Waals surface area contributed by atoms with Crippen molar-refractivity contribution in [2.75, 3.05) is 33.3 Å². The molecule has 0 aliphatic carbocycles. The summed E-state index contributed by atoms with van der Waals surface area (Å²) in [6.07, 6.45) is 2.94. The minimum atomic E-state index is 0.127. The number of H-pyrrole nitrogens is 1. The molecule has 2 aliphatic rings. The Kier molecular flexibility index (Phi) is 5.16. The quantitative estimate of drug-likeness (QED) is 0.901. The van der Waals surface area contributed by atoms with Gasteiger partial charge in [0, 0.05) is 42.9 Å². The summed E-state index contributed by atoms with van der Waals surface area (Å²) in [4.78, 5) is 17.6. The molecule has 144 valence electrons. The van der Waals surface area contributed by atoms with E-state index in [-0.39, 0.29) is 5.92 Å². The average Bonchev–Trinajstić information content (AvgIpc) is 3.16. The van der Waals surface area contributed by atoms with Crippen molar-refractivity contribution in [1.82, 2.24) is 20.0 Å². The van der Waals surface area contributed by atoms with Crippen molar-refractivity contribution < 1.29 is 9.53 Å². The van der Waals surface area contributed by atoms with Gasteiger partial charge in [-0.05, 0) is 38.1 Å². The third kappa shape index (κ3) is 3.46. The number of aromatic amines is 1. The van der Waals surface area contributed by atoms with Gasteiger partial charge in [-0.25, -0.2) is 0 Å². The van der Waals surface area contributed by atoms with E-state index in [4.69, 9.17) is 4.74 Å². The van der Waals surface area contributed by atoms with Crippen LogP contribution in [0.3, 0.4) is 0 Å². The molecule has 6 heteroatoms. The van der Waals surface area contributed by atoms with Gasteiger partial charge < -0.3 is 14.5 Å². The molecule has 0 spiro atoms. The molecular formula is C21H28N4O2. The molecule has 1 aromatic carbocycles. The number of nitrogens with one attached hydrogen (secondary N) is 1. The lowest BCUT2D eigenvalue weighted by Gasteiger charge is -2.35. The number of benzene rings is 1. The standard InChI is InChI=1S/C21H28N4O2/c1-3-24-11-6-7-15(13-24)21(26)25-12-10-18-17(14-25)20(23-22-18)16-8-4-5-9-19(16)27-2/h4-5,8-9,15H,3,6-7,10-14H2,1-2H3,(H,22,23). The molecule has 1 fully saturated rings. The third-order valence-electron chi connectivity index (χ3n) is 5.91. The average molecular weight is 368 g/mol. The van der Waals surface area contributed by atoms with Crippen LogP contribution < -0.4 is 4.74 Å². The van der Waals surface area contributed by atoms with Gasteiger partial charge >= 0.3 is 0 Å². The number of para-hydroxylation sites is 1. The predicted octanol–water partition coefficient (Wildman–Crippen LogP) is 2.70. The fraction of sp³-hybridized carbons (Fsp3) is 0.524. The highest BCUT2D eigenvalue weighted by molar-refractivity contribution is 5.80. The number of rotatable bonds is 4. The summed E-state index contributed by atoms with van der Waals surface area (Å²) in [6, 6.07) is 7.92. The largest absolute Gasteiger partial charge is 0.496 e. The van der Waals surface area contributed by atoms with E-state index in [1.807, 2.05) is 29.2 Å². The lowest BCUT2D eigenvalue weighted by atomic mass is 9.94. The van der Waals surface area contributed by atoms with Crippen LogP contribution in [0.1, 0.15) is 31.0 Å². The molecule has 3 heterocycles. The Morgan fingerprint density at radius 1 is 1.33 bits per heavy atom. The van der Waals surface area contributed by atoms with Crippen molar-refractivity contribution in [3.63, 3.8) is 0 Å². The summed E-state index contributed by atoms with van der Waals surface area (Å²) >= 11 is 0. The smallest absolute Gasteiger partial charge is 0.227 e. The Morgan fingerprint density at radius 3 is 3.00 bits per heavy atom. The first-order valence-electron chi connectivity index (χ1n) is 9.92. The van der Waals surface area contributed by atoms with Crippen molar-refractivity contribution in [3.05, 3.63) is 35.5 Å². The third-order valence-corrected chi connectivity index (χ3v) is 5.91. The minimum Gasteiger partial charge on any atom is -0.496 e. The maximum absolute atomic E-state index is 13.2. The number of likely N-dealkylation sites (tertiary alicyclic amines) is 1. The SMILES string of the molecule is CCN1CCCC(C(=O)N2CCc3[nH]nc(-c4ccccc4OC)c3C2)C1. The van der Waals surface area contributed by atoms with Gasteiger partial charge in [0.25, 0.3) is 0 Å². The summed E-state index contributed by atoms with van der Waals surface area (Å²) in [7, 11) is 1.68. The van der Waals surface area contributed by atoms with Gasteiger partial charge in [0.1, 0.15) is 11.4 Å². The molecular weight excluding hydrogens is 340 g/mol. The van der Waals surface area contributed by atoms with Gasteiger partial charge in [-0.15, -0.1) is 0 Å². The number of piperidine rings is 1. The van der Waals surface area contributed by atoms with Gasteiger partial charge in [-0.3, -0.25) is 9.89 Å². The molecule has 1 aromatic heterocycles. The van der Waals surface area contributed by atoms with E-state index in [9.17, 15) is 4.79 Å². The zero-order chi connectivity index (χ0) is 18.8. The second-order valence-electron chi connectivity index (χ2n) is 7.47. The van der Waals surface area contributed by atoms with Crippen LogP contribution in [0.5, 0.6) is 5.75 Å². The first-order chi connectivity index (χ1) is 13.2. The first-order valence-corrected chi connectivity index (χ1v) is 9.92. The van der Waals surface area contributed by atoms with Crippen LogP contribution in [0.4, 0.5) is 0 Å². The van der Waals surface area contributed by atoms with Crippen molar-refractivity contribution in [2.45, 2.75) is 32.7 Å². The fourth-order valence-corrected chi connectivity index (χ4v) is 4.35. The van der Waals surface area contributed by atoms with Crippen LogP contribution in [0, 0.1) is 5.92 Å². The van der Waals surface area contributed by atoms with Crippen molar-refractivity contribution in [2.24, 2.45) is 5.92 Å². The summed E-state index contributed by atoms with van der Waals surface area (Å²) in [6.45, 7) is 6.59. The zero-order valence-corrected chi connectivity index (χ0v) is 16.2. The summed E-state index contributed by atoms with van der Waals surface area (Å²) in [5.74, 6) is 1.23. The number of aromatic nitrogens is 2. The van der Waals surface area contributed by atoms with E-state index in [1.54, 1.807) is 7.11 Å². The van der Waals surface area contributed by atoms with Gasteiger partial charge in [0.15, 0.2) is 0 Å². The highest BCUT2D eigenvalue weighted by Gasteiger charge is 2.32. The van der Waals surface area contributed by atoms with Crippen LogP contribution in [0.25, 0.3) is 11.3 Å². The minimum absolute atomic E-state index is 0.127. The van der Waals surface area contributed by atoms with Crippen LogP contribution in [-0.2, 0) is 17.8 Å². The van der Waals surface area contributed by atoms with Crippen LogP contribution in [-0.4, -0.2) is 59.2 Å². The van der Waals surface area contributed by atoms with Crippen LogP contribution in [0.15, 0.2) is 24.3 Å². The summed E-state index contributed by atoms with van der Waals surface area (Å²) in [5, 5.41) is 7.74. The molecule has 2 aliphatic heterocycles. The molecule has 6 nitrogen and oxygen atoms in total. The van der Waals surface area contributed by atoms with Gasteiger partial charge in [-0.1, -0.05) is 19.1 Å². The molecule has 1 atom stereocenters. The van der Waals surface area contributed by atoms with Gasteiger partial charge in [-0.2, -0.15) is 5.10 Å². The predicted molar refractivity (Wildman–Crippen MR) is 105 cm³/mol. The Morgan fingerprint density at radius 2 is 2.19 bits per heavy atom. The Labute approximate surface area is 160 Å². The molecule has 4 rings (SSSR count). The number of nitrogens with zero attached hydrogens (tertiary/aromatic N) is 3. The molecule has 1 unspecified atom stereocenters. The van der Waals surface area contributed by atoms with Crippen LogP contribution >= 0.6 is 0 Å². The van der Waals surface area contributed by atoms with E-state index in [0.717, 1.165) is 73.7 Å². The Balaban J connectivity index is 1.56. The Hall–Kier alpha value is -2.34. The molecule has 1 N–H and O–H groups in total. The van der Waals surface area contributed by atoms with E-state index >= 15 is 0 Å². The number of methoxy groups -OCH3 is 1. The molecule has 0 saturated carbocycles. The second-order valence-corrected chi connectivity index (χ2v) is 7.47. The van der Waals surface area contributed by atoms with Crippen molar-refractivity contribution in [1.29, 1.82) is 0 Å². The normalized spacial score (nSPS) is 20.4. The highest BCUT2D eigenvalue weighted by Crippen LogP contribution is 2.34. The van der Waals surface area contributed by atoms with Crippen LogP contribution in [0.2, 0.25) is 0 Å². The first kappa shape index (κ1) is 18.0. The number of carbonyl (C=O) groups excluding carboxylic acids is 1. The lowest BCUT2D eigenvalue weighted by Crippen LogP contribution is -2.46. The van der Waals surface area contributed by atoms with E-state index < -0.39 is 0 Å².